The number of rotatable bonds is 5. The maximum Gasteiger partial charge on any atom is 0.251 e. The van der Waals surface area contributed by atoms with Gasteiger partial charge in [-0.05, 0) is 81.7 Å². The molecule has 1 spiro atoms. The molecule has 0 atom stereocenters. The van der Waals surface area contributed by atoms with Gasteiger partial charge in [0, 0.05) is 36.8 Å². The molecular weight excluding hydrogens is 404 g/mol. The van der Waals surface area contributed by atoms with Crippen LogP contribution in [0, 0.1) is 12.3 Å². The van der Waals surface area contributed by atoms with E-state index < -0.39 is 0 Å². The fourth-order valence-corrected chi connectivity index (χ4v) is 6.14. The van der Waals surface area contributed by atoms with E-state index in [-0.39, 0.29) is 11.9 Å². The Bertz CT molecular complexity index is 1120. The molecule has 2 aromatic heterocycles. The van der Waals surface area contributed by atoms with Crippen LogP contribution in [0.15, 0.2) is 36.5 Å². The molecule has 2 heterocycles. The molecule has 162 valence electrons. The molecule has 5 rings (SSSR count). The van der Waals surface area contributed by atoms with E-state index in [1.165, 1.54) is 28.1 Å². The van der Waals surface area contributed by atoms with Gasteiger partial charge in [-0.3, -0.25) is 4.79 Å². The number of aryl methyl sites for hydroxylation is 1. The summed E-state index contributed by atoms with van der Waals surface area (Å²) in [6.07, 6.45) is 6.31. The molecule has 0 aliphatic heterocycles. The van der Waals surface area contributed by atoms with E-state index in [9.17, 15) is 4.79 Å². The van der Waals surface area contributed by atoms with Gasteiger partial charge in [0.2, 0.25) is 0 Å². The predicted molar refractivity (Wildman–Crippen MR) is 127 cm³/mol. The van der Waals surface area contributed by atoms with Crippen molar-refractivity contribution in [1.82, 2.24) is 15.3 Å². The first-order chi connectivity index (χ1) is 14.8. The van der Waals surface area contributed by atoms with Crippen LogP contribution in [0.2, 0.25) is 0 Å². The van der Waals surface area contributed by atoms with Gasteiger partial charge in [0.15, 0.2) is 0 Å². The van der Waals surface area contributed by atoms with Crippen LogP contribution in [0.5, 0.6) is 0 Å². The van der Waals surface area contributed by atoms with Crippen molar-refractivity contribution in [2.75, 3.05) is 11.9 Å². The van der Waals surface area contributed by atoms with E-state index in [1.807, 2.05) is 24.5 Å². The van der Waals surface area contributed by atoms with Crippen LogP contribution in [0.25, 0.3) is 10.2 Å². The first-order valence-electron chi connectivity index (χ1n) is 11.2. The van der Waals surface area contributed by atoms with E-state index in [1.54, 1.807) is 12.3 Å². The number of aromatic nitrogens is 2. The Labute approximate surface area is 187 Å². The van der Waals surface area contributed by atoms with Gasteiger partial charge in [-0.15, -0.1) is 11.3 Å². The maximum atomic E-state index is 12.8. The Morgan fingerprint density at radius 3 is 2.71 bits per heavy atom. The smallest absolute Gasteiger partial charge is 0.251 e. The van der Waals surface area contributed by atoms with Crippen LogP contribution in [-0.4, -0.2) is 35.0 Å². The highest BCUT2D eigenvalue weighted by molar-refractivity contribution is 7.18. The predicted octanol–water partition coefficient (Wildman–Crippen LogP) is 5.30. The van der Waals surface area contributed by atoms with Crippen LogP contribution in [0.4, 0.5) is 5.82 Å². The van der Waals surface area contributed by atoms with Gasteiger partial charge >= 0.3 is 0 Å². The number of pyridine rings is 1. The first-order valence-corrected chi connectivity index (χ1v) is 12.0. The second kappa shape index (κ2) is 7.59. The molecule has 2 aliphatic carbocycles. The Kier molecular flexibility index (Phi) is 5.00. The number of anilines is 1. The van der Waals surface area contributed by atoms with Gasteiger partial charge in [-0.2, -0.15) is 0 Å². The molecular formula is C25H30N4OS. The molecule has 0 saturated heterocycles. The number of benzene rings is 1. The van der Waals surface area contributed by atoms with E-state index in [0.29, 0.717) is 22.9 Å². The number of nitrogens with one attached hydrogen (secondary N) is 1. The van der Waals surface area contributed by atoms with Crippen molar-refractivity contribution in [2.45, 2.75) is 64.5 Å². The highest BCUT2D eigenvalue weighted by Crippen LogP contribution is 2.62. The van der Waals surface area contributed by atoms with Crippen molar-refractivity contribution in [3.05, 3.63) is 52.7 Å². The summed E-state index contributed by atoms with van der Waals surface area (Å²) in [6.45, 7) is 6.35. The van der Waals surface area contributed by atoms with E-state index in [4.69, 9.17) is 4.98 Å². The second-order valence-electron chi connectivity index (χ2n) is 9.81. The molecule has 3 aromatic rings. The van der Waals surface area contributed by atoms with Gasteiger partial charge in [0.25, 0.3) is 5.91 Å². The lowest BCUT2D eigenvalue weighted by Gasteiger charge is -2.57. The van der Waals surface area contributed by atoms with E-state index >= 15 is 0 Å². The van der Waals surface area contributed by atoms with Crippen LogP contribution < -0.4 is 10.2 Å². The summed E-state index contributed by atoms with van der Waals surface area (Å²) < 4.78 is 1.29. The number of hydrogen-bond donors (Lipinski definition) is 1. The third-order valence-corrected chi connectivity index (χ3v) is 8.30. The lowest BCUT2D eigenvalue weighted by molar-refractivity contribution is -0.0187. The third-order valence-electron chi connectivity index (χ3n) is 7.11. The highest BCUT2D eigenvalue weighted by Gasteiger charge is 2.54. The highest BCUT2D eigenvalue weighted by atomic mass is 32.1. The number of hydrogen-bond acceptors (Lipinski definition) is 5. The largest absolute Gasteiger partial charge is 0.357 e. The molecule has 2 aliphatic rings. The topological polar surface area (TPSA) is 58.1 Å². The van der Waals surface area contributed by atoms with Crippen molar-refractivity contribution in [3.8, 4) is 0 Å². The van der Waals surface area contributed by atoms with Gasteiger partial charge in [-0.25, -0.2) is 9.97 Å². The number of carbonyl (C=O) groups excluding carboxylic acids is 1. The molecule has 5 nitrogen and oxygen atoms in total. The average molecular weight is 435 g/mol. The Morgan fingerprint density at radius 1 is 1.19 bits per heavy atom. The lowest BCUT2D eigenvalue weighted by Crippen LogP contribution is -2.55. The molecule has 1 N–H and O–H groups in total. The van der Waals surface area contributed by atoms with Crippen molar-refractivity contribution in [1.29, 1.82) is 0 Å². The number of amides is 1. The van der Waals surface area contributed by atoms with E-state index in [0.717, 1.165) is 24.2 Å². The summed E-state index contributed by atoms with van der Waals surface area (Å²) in [7, 11) is 2.00. The van der Waals surface area contributed by atoms with Crippen LogP contribution >= 0.6 is 11.3 Å². The number of fused-ring (bicyclic) bond motifs is 1. The summed E-state index contributed by atoms with van der Waals surface area (Å²) in [6, 6.07) is 10.8. The molecule has 0 bridgehead atoms. The Hall–Kier alpha value is -2.47. The SMILES string of the molecule is Cc1ccc2sc(C3CC4(CC(NC(=O)c5ccnc(N(C)C(C)C)c5)C4)C3)nc2c1. The first kappa shape index (κ1) is 20.4. The minimum Gasteiger partial charge on any atom is -0.357 e. The zero-order valence-electron chi connectivity index (χ0n) is 18.7. The molecule has 31 heavy (non-hydrogen) atoms. The maximum absolute atomic E-state index is 12.8. The Balaban J connectivity index is 1.16. The third kappa shape index (κ3) is 3.82. The van der Waals surface area contributed by atoms with Crippen molar-refractivity contribution in [2.24, 2.45) is 5.41 Å². The summed E-state index contributed by atoms with van der Waals surface area (Å²) >= 11 is 1.85. The fraction of sp³-hybridized carbons (Fsp3) is 0.480. The van der Waals surface area contributed by atoms with Crippen molar-refractivity contribution < 1.29 is 4.79 Å². The van der Waals surface area contributed by atoms with Crippen LogP contribution in [-0.2, 0) is 0 Å². The number of carbonyl (C=O) groups is 1. The van der Waals surface area contributed by atoms with E-state index in [2.05, 4.69) is 54.2 Å². The quantitative estimate of drug-likeness (QED) is 0.592. The number of nitrogens with zero attached hydrogens (tertiary/aromatic N) is 3. The summed E-state index contributed by atoms with van der Waals surface area (Å²) in [5, 5.41) is 4.52. The lowest BCUT2D eigenvalue weighted by atomic mass is 9.50. The number of thiazole rings is 1. The fourth-order valence-electron chi connectivity index (χ4n) is 5.10. The van der Waals surface area contributed by atoms with Crippen molar-refractivity contribution >= 4 is 33.3 Å². The summed E-state index contributed by atoms with van der Waals surface area (Å²) in [4.78, 5) is 24.1. The van der Waals surface area contributed by atoms with Crippen molar-refractivity contribution in [3.63, 3.8) is 0 Å². The molecule has 1 amide bonds. The normalized spacial score (nSPS) is 24.8. The molecule has 2 fully saturated rings. The molecule has 0 radical (unpaired) electrons. The Morgan fingerprint density at radius 2 is 1.97 bits per heavy atom. The monoisotopic (exact) mass is 434 g/mol. The molecule has 2 saturated carbocycles. The minimum absolute atomic E-state index is 0.0121. The molecule has 1 aromatic carbocycles. The standard InChI is InChI=1S/C25H30N4OS/c1-15(2)29(4)22-10-17(7-8-26-22)23(30)27-19-13-25(14-19)11-18(12-25)24-28-20-9-16(3)5-6-21(20)31-24/h5-10,15,18-19H,11-14H2,1-4H3,(H,27,30). The zero-order chi connectivity index (χ0) is 21.8. The van der Waals surface area contributed by atoms with Crippen LogP contribution in [0.1, 0.15) is 66.4 Å². The summed E-state index contributed by atoms with van der Waals surface area (Å²) in [5.41, 5.74) is 3.51. The van der Waals surface area contributed by atoms with Gasteiger partial charge in [0.1, 0.15) is 5.82 Å². The average Bonchev–Trinajstić information content (AvgIpc) is 3.10. The van der Waals surface area contributed by atoms with Gasteiger partial charge in [-0.1, -0.05) is 6.07 Å². The zero-order valence-corrected chi connectivity index (χ0v) is 19.5. The molecule has 0 unspecified atom stereocenters. The second-order valence-corrected chi connectivity index (χ2v) is 10.9. The summed E-state index contributed by atoms with van der Waals surface area (Å²) in [5.74, 6) is 1.43. The van der Waals surface area contributed by atoms with Gasteiger partial charge < -0.3 is 10.2 Å². The van der Waals surface area contributed by atoms with Crippen LogP contribution in [0.3, 0.4) is 0 Å². The molecule has 6 heteroatoms. The van der Waals surface area contributed by atoms with Gasteiger partial charge in [0.05, 0.1) is 15.2 Å². The minimum atomic E-state index is 0.0121.